The minimum absolute atomic E-state index is 0.0455. The number of carboxylic acid groups (broad SMARTS) is 1. The average molecular weight is 424 g/mol. The summed E-state index contributed by atoms with van der Waals surface area (Å²) in [5, 5.41) is 13.6. The first-order valence-electron chi connectivity index (χ1n) is 8.74. The maximum absolute atomic E-state index is 13.0. The van der Waals surface area contributed by atoms with Crippen LogP contribution in [0.3, 0.4) is 0 Å². The van der Waals surface area contributed by atoms with Crippen molar-refractivity contribution < 1.29 is 37.4 Å². The molecule has 3 N–H and O–H groups in total. The molecule has 2 aromatic rings. The summed E-state index contributed by atoms with van der Waals surface area (Å²) in [6.07, 6.45) is -4.56. The minimum atomic E-state index is -4.61. The van der Waals surface area contributed by atoms with Gasteiger partial charge in [-0.05, 0) is 29.8 Å². The number of rotatable bonds is 8. The number of ether oxygens (including phenoxy) is 1. The number of carbonyl (C=O) groups excluding carboxylic acids is 2. The van der Waals surface area contributed by atoms with Gasteiger partial charge in [-0.2, -0.15) is 13.2 Å². The first-order chi connectivity index (χ1) is 14.1. The van der Waals surface area contributed by atoms with E-state index in [9.17, 15) is 27.6 Å². The molecule has 0 fully saturated rings. The Kier molecular flexibility index (Phi) is 7.40. The van der Waals surface area contributed by atoms with Crippen LogP contribution in [0.4, 0.5) is 18.9 Å². The molecule has 0 spiro atoms. The largest absolute Gasteiger partial charge is 0.484 e. The molecule has 2 aromatic carbocycles. The zero-order chi connectivity index (χ0) is 22.3. The van der Waals surface area contributed by atoms with Gasteiger partial charge in [0.15, 0.2) is 6.61 Å². The molecule has 0 saturated carbocycles. The highest BCUT2D eigenvalue weighted by Gasteiger charge is 2.33. The molecule has 2 amide bonds. The predicted octanol–water partition coefficient (Wildman–Crippen LogP) is 2.85. The summed E-state index contributed by atoms with van der Waals surface area (Å²) in [4.78, 5) is 34.2. The number of alkyl halides is 3. The Morgan fingerprint density at radius 1 is 1.07 bits per heavy atom. The van der Waals surface area contributed by atoms with Gasteiger partial charge in [0, 0.05) is 13.3 Å². The highest BCUT2D eigenvalue weighted by Crippen LogP contribution is 2.34. The van der Waals surface area contributed by atoms with Gasteiger partial charge in [0.2, 0.25) is 5.91 Å². The number of carboxylic acids is 1. The van der Waals surface area contributed by atoms with Crippen molar-refractivity contribution in [2.45, 2.75) is 25.6 Å². The second kappa shape index (κ2) is 9.77. The third-order valence-corrected chi connectivity index (χ3v) is 3.92. The molecule has 10 heteroatoms. The third-order valence-electron chi connectivity index (χ3n) is 3.92. The molecular formula is C20H19F3N2O5. The summed E-state index contributed by atoms with van der Waals surface area (Å²) >= 11 is 0. The Morgan fingerprint density at radius 2 is 1.70 bits per heavy atom. The lowest BCUT2D eigenvalue weighted by molar-refractivity contribution is -0.141. The first-order valence-corrected chi connectivity index (χ1v) is 8.74. The lowest BCUT2D eigenvalue weighted by Gasteiger charge is -2.14. The minimum Gasteiger partial charge on any atom is -0.484 e. The van der Waals surface area contributed by atoms with Crippen LogP contribution in [-0.2, 0) is 27.0 Å². The zero-order valence-corrected chi connectivity index (χ0v) is 15.8. The first kappa shape index (κ1) is 22.7. The Labute approximate surface area is 169 Å². The number of hydrogen-bond acceptors (Lipinski definition) is 4. The second-order valence-electron chi connectivity index (χ2n) is 6.32. The van der Waals surface area contributed by atoms with E-state index in [0.717, 1.165) is 12.1 Å². The Hall–Kier alpha value is -3.56. The molecule has 0 aliphatic heterocycles. The van der Waals surface area contributed by atoms with E-state index in [4.69, 9.17) is 9.84 Å². The highest BCUT2D eigenvalue weighted by atomic mass is 19.4. The number of para-hydroxylation sites is 1. The summed E-state index contributed by atoms with van der Waals surface area (Å²) in [5.74, 6) is -2.15. The van der Waals surface area contributed by atoms with Gasteiger partial charge in [-0.3, -0.25) is 9.59 Å². The van der Waals surface area contributed by atoms with E-state index in [1.54, 1.807) is 12.1 Å². The smallest absolute Gasteiger partial charge is 0.418 e. The molecule has 0 aliphatic rings. The van der Waals surface area contributed by atoms with Crippen molar-refractivity contribution in [3.05, 3.63) is 59.7 Å². The molecule has 0 radical (unpaired) electrons. The van der Waals surface area contributed by atoms with Crippen LogP contribution in [0.1, 0.15) is 18.1 Å². The van der Waals surface area contributed by atoms with Crippen molar-refractivity contribution in [2.24, 2.45) is 0 Å². The molecule has 0 aromatic heterocycles. The van der Waals surface area contributed by atoms with E-state index >= 15 is 0 Å². The lowest BCUT2D eigenvalue weighted by atomic mass is 10.1. The number of carbonyl (C=O) groups is 3. The number of benzene rings is 2. The van der Waals surface area contributed by atoms with Crippen LogP contribution < -0.4 is 15.4 Å². The number of halogens is 3. The maximum atomic E-state index is 13.0. The fraction of sp³-hybridized carbons (Fsp3) is 0.250. The summed E-state index contributed by atoms with van der Waals surface area (Å²) in [6, 6.07) is 9.59. The van der Waals surface area contributed by atoms with Gasteiger partial charge in [0.25, 0.3) is 5.91 Å². The van der Waals surface area contributed by atoms with Gasteiger partial charge < -0.3 is 20.5 Å². The number of amides is 2. The Balaban J connectivity index is 1.93. The van der Waals surface area contributed by atoms with Gasteiger partial charge in [-0.25, -0.2) is 4.79 Å². The maximum Gasteiger partial charge on any atom is 0.418 e. The molecule has 2 rings (SSSR count). The molecule has 7 nitrogen and oxygen atoms in total. The van der Waals surface area contributed by atoms with Crippen LogP contribution in [0.5, 0.6) is 5.75 Å². The number of hydrogen-bond donors (Lipinski definition) is 3. The Bertz CT molecular complexity index is 913. The second-order valence-corrected chi connectivity index (χ2v) is 6.32. The molecule has 1 atom stereocenters. The number of nitrogens with one attached hydrogen (secondary N) is 2. The molecular weight excluding hydrogens is 405 g/mol. The zero-order valence-electron chi connectivity index (χ0n) is 15.8. The van der Waals surface area contributed by atoms with E-state index in [-0.39, 0.29) is 17.9 Å². The van der Waals surface area contributed by atoms with E-state index in [0.29, 0.717) is 5.56 Å². The lowest BCUT2D eigenvalue weighted by Crippen LogP contribution is -2.41. The van der Waals surface area contributed by atoms with Crippen LogP contribution in [0.15, 0.2) is 48.5 Å². The highest BCUT2D eigenvalue weighted by molar-refractivity contribution is 5.92. The van der Waals surface area contributed by atoms with Gasteiger partial charge >= 0.3 is 12.1 Å². The summed E-state index contributed by atoms with van der Waals surface area (Å²) in [6.45, 7) is 0.695. The number of anilines is 1. The summed E-state index contributed by atoms with van der Waals surface area (Å²) in [5.41, 5.74) is -0.728. The standard InChI is InChI=1S/C20H19F3N2O5/c1-12(26)24-17(19(28)29)10-13-6-8-14(9-7-13)30-11-18(27)25-16-5-3-2-4-15(16)20(21,22)23/h2-9,17H,10-11H2,1H3,(H,24,26)(H,25,27)(H,28,29)/t17-/m0/s1. The third kappa shape index (κ3) is 6.80. The Morgan fingerprint density at radius 3 is 2.27 bits per heavy atom. The van der Waals surface area contributed by atoms with Crippen molar-refractivity contribution in [1.82, 2.24) is 5.32 Å². The average Bonchev–Trinajstić information content (AvgIpc) is 2.66. The molecule has 160 valence electrons. The molecule has 0 saturated heterocycles. The van der Waals surface area contributed by atoms with E-state index < -0.39 is 42.2 Å². The summed E-state index contributed by atoms with van der Waals surface area (Å²) < 4.78 is 44.1. The SMILES string of the molecule is CC(=O)N[C@@H](Cc1ccc(OCC(=O)Nc2ccccc2C(F)(F)F)cc1)C(=O)O. The van der Waals surface area contributed by atoms with Gasteiger partial charge in [0.05, 0.1) is 11.3 Å². The summed E-state index contributed by atoms with van der Waals surface area (Å²) in [7, 11) is 0. The normalized spacial score (nSPS) is 12.0. The van der Waals surface area contributed by atoms with Gasteiger partial charge in [-0.15, -0.1) is 0 Å². The van der Waals surface area contributed by atoms with E-state index in [1.165, 1.54) is 31.2 Å². The van der Waals surface area contributed by atoms with Crippen LogP contribution in [0.2, 0.25) is 0 Å². The van der Waals surface area contributed by atoms with Crippen molar-refractivity contribution in [1.29, 1.82) is 0 Å². The molecule has 0 unspecified atom stereocenters. The van der Waals surface area contributed by atoms with E-state index in [1.807, 2.05) is 0 Å². The monoisotopic (exact) mass is 424 g/mol. The van der Waals surface area contributed by atoms with Crippen molar-refractivity contribution in [3.63, 3.8) is 0 Å². The van der Waals surface area contributed by atoms with Crippen LogP contribution in [-0.4, -0.2) is 35.5 Å². The van der Waals surface area contributed by atoms with Crippen LogP contribution >= 0.6 is 0 Å². The van der Waals surface area contributed by atoms with Crippen LogP contribution in [0.25, 0.3) is 0 Å². The number of aliphatic carboxylic acids is 1. The van der Waals surface area contributed by atoms with Gasteiger partial charge in [0.1, 0.15) is 11.8 Å². The molecule has 0 heterocycles. The van der Waals surface area contributed by atoms with Crippen molar-refractivity contribution >= 4 is 23.5 Å². The van der Waals surface area contributed by atoms with E-state index in [2.05, 4.69) is 10.6 Å². The van der Waals surface area contributed by atoms with Crippen LogP contribution in [0, 0.1) is 0 Å². The molecule has 0 bridgehead atoms. The predicted molar refractivity (Wildman–Crippen MR) is 101 cm³/mol. The molecule has 30 heavy (non-hydrogen) atoms. The topological polar surface area (TPSA) is 105 Å². The van der Waals surface area contributed by atoms with Gasteiger partial charge in [-0.1, -0.05) is 24.3 Å². The molecule has 0 aliphatic carbocycles. The quantitative estimate of drug-likeness (QED) is 0.605. The van der Waals surface area contributed by atoms with Crippen molar-refractivity contribution in [3.8, 4) is 5.75 Å². The fourth-order valence-electron chi connectivity index (χ4n) is 2.58. The fourth-order valence-corrected chi connectivity index (χ4v) is 2.58. The van der Waals surface area contributed by atoms with Crippen molar-refractivity contribution in [2.75, 3.05) is 11.9 Å².